The molecule has 148 valence electrons. The number of benzene rings is 1. The van der Waals surface area contributed by atoms with Gasteiger partial charge in [-0.1, -0.05) is 6.07 Å². The summed E-state index contributed by atoms with van der Waals surface area (Å²) in [5.74, 6) is 1.49. The fraction of sp³-hybridized carbons (Fsp3) is 0.238. The van der Waals surface area contributed by atoms with Crippen molar-refractivity contribution in [2.24, 2.45) is 0 Å². The molecule has 29 heavy (non-hydrogen) atoms. The van der Waals surface area contributed by atoms with Crippen LogP contribution in [0.2, 0.25) is 0 Å². The lowest BCUT2D eigenvalue weighted by Gasteiger charge is -2.11. The van der Waals surface area contributed by atoms with E-state index in [0.717, 1.165) is 16.7 Å². The summed E-state index contributed by atoms with van der Waals surface area (Å²) in [5, 5.41) is 12.0. The number of hydrogen-bond acceptors (Lipinski definition) is 6. The fourth-order valence-electron chi connectivity index (χ4n) is 3.40. The molecule has 3 heterocycles. The van der Waals surface area contributed by atoms with E-state index in [9.17, 15) is 4.79 Å². The summed E-state index contributed by atoms with van der Waals surface area (Å²) >= 11 is 0. The van der Waals surface area contributed by atoms with E-state index in [2.05, 4.69) is 10.1 Å². The van der Waals surface area contributed by atoms with Gasteiger partial charge in [-0.3, -0.25) is 14.4 Å². The quantitative estimate of drug-likeness (QED) is 0.652. The van der Waals surface area contributed by atoms with Crippen molar-refractivity contribution in [3.63, 3.8) is 0 Å². The number of fused-ring (bicyclic) bond motifs is 1. The molecule has 1 amide bonds. The molecule has 0 atom stereocenters. The Hall–Kier alpha value is -3.68. The molecule has 8 heteroatoms. The van der Waals surface area contributed by atoms with Crippen LogP contribution in [0.25, 0.3) is 11.1 Å². The Kier molecular flexibility index (Phi) is 4.75. The Bertz CT molecular complexity index is 1110. The molecule has 3 aromatic rings. The number of hydrogen-bond donors (Lipinski definition) is 1. The van der Waals surface area contributed by atoms with E-state index >= 15 is 0 Å². The maximum Gasteiger partial charge on any atom is 0.260 e. The van der Waals surface area contributed by atoms with Crippen molar-refractivity contribution in [2.45, 2.75) is 20.0 Å². The van der Waals surface area contributed by atoms with Gasteiger partial charge in [0, 0.05) is 35.3 Å². The number of nitrogens with one attached hydrogen (secondary N) is 1. The van der Waals surface area contributed by atoms with Crippen LogP contribution in [-0.4, -0.2) is 40.6 Å². The number of aromatic nitrogens is 3. The monoisotopic (exact) mass is 391 g/mol. The summed E-state index contributed by atoms with van der Waals surface area (Å²) < 4.78 is 12.2. The molecule has 0 aliphatic carbocycles. The van der Waals surface area contributed by atoms with Crippen molar-refractivity contribution in [1.29, 1.82) is 5.41 Å². The van der Waals surface area contributed by atoms with Gasteiger partial charge in [0.25, 0.3) is 11.8 Å². The van der Waals surface area contributed by atoms with Gasteiger partial charge in [0.2, 0.25) is 0 Å². The van der Waals surface area contributed by atoms with Gasteiger partial charge in [0.15, 0.2) is 11.6 Å². The zero-order valence-electron chi connectivity index (χ0n) is 16.5. The van der Waals surface area contributed by atoms with Crippen LogP contribution >= 0.6 is 0 Å². The number of nitrogens with zero attached hydrogens (tertiary/aromatic N) is 4. The number of methoxy groups -OCH3 is 2. The molecule has 0 saturated carbocycles. The molecule has 1 aliphatic rings. The first kappa shape index (κ1) is 18.7. The zero-order valence-corrected chi connectivity index (χ0v) is 16.5. The van der Waals surface area contributed by atoms with Gasteiger partial charge >= 0.3 is 0 Å². The first-order chi connectivity index (χ1) is 14.0. The van der Waals surface area contributed by atoms with E-state index in [1.54, 1.807) is 49.2 Å². The highest BCUT2D eigenvalue weighted by Crippen LogP contribution is 2.33. The Morgan fingerprint density at radius 1 is 1.17 bits per heavy atom. The molecule has 0 unspecified atom stereocenters. The highest BCUT2D eigenvalue weighted by atomic mass is 16.5. The molecule has 2 aromatic heterocycles. The van der Waals surface area contributed by atoms with Gasteiger partial charge in [-0.15, -0.1) is 0 Å². The Balaban J connectivity index is 1.62. The Labute approximate surface area is 168 Å². The standard InChI is InChI=1S/C21H21N5O3/c1-13(22)11-25-7-6-19(24-25)26-12-16-8-14(4-5-17(16)21(26)27)15-9-18(28-2)20(29-3)23-10-15/h4-10,22H,11-12H2,1-3H3. The molecule has 0 fully saturated rings. The SMILES string of the molecule is COc1cc(-c2ccc3c(c2)CN(c2ccn(CC(C)=N)n2)C3=O)cnc1OC. The number of ether oxygens (including phenoxy) is 2. The number of anilines is 1. The van der Waals surface area contributed by atoms with Crippen LogP contribution in [0.4, 0.5) is 5.82 Å². The largest absolute Gasteiger partial charge is 0.491 e. The third-order valence-corrected chi connectivity index (χ3v) is 4.78. The van der Waals surface area contributed by atoms with E-state index in [-0.39, 0.29) is 5.91 Å². The van der Waals surface area contributed by atoms with Gasteiger partial charge in [-0.25, -0.2) is 4.98 Å². The smallest absolute Gasteiger partial charge is 0.260 e. The molecule has 8 nitrogen and oxygen atoms in total. The predicted molar refractivity (Wildman–Crippen MR) is 109 cm³/mol. The molecule has 0 bridgehead atoms. The second-order valence-corrected chi connectivity index (χ2v) is 6.85. The molecule has 1 aromatic carbocycles. The molecular formula is C21H21N5O3. The van der Waals surface area contributed by atoms with Crippen LogP contribution in [0.3, 0.4) is 0 Å². The minimum atomic E-state index is -0.0752. The number of rotatable bonds is 6. The fourth-order valence-corrected chi connectivity index (χ4v) is 3.40. The third kappa shape index (κ3) is 3.44. The van der Waals surface area contributed by atoms with Gasteiger partial charge < -0.3 is 14.9 Å². The number of carbonyl (C=O) groups excluding carboxylic acids is 1. The van der Waals surface area contributed by atoms with Crippen molar-refractivity contribution in [3.05, 3.63) is 53.9 Å². The predicted octanol–water partition coefficient (Wildman–Crippen LogP) is 3.16. The summed E-state index contributed by atoms with van der Waals surface area (Å²) in [4.78, 5) is 18.8. The lowest BCUT2D eigenvalue weighted by molar-refractivity contribution is 0.0996. The molecule has 1 N–H and O–H groups in total. The average molecular weight is 391 g/mol. The number of amides is 1. The molecule has 4 rings (SSSR count). The first-order valence-electron chi connectivity index (χ1n) is 9.11. The van der Waals surface area contributed by atoms with Crippen molar-refractivity contribution in [2.75, 3.05) is 19.1 Å². The first-order valence-corrected chi connectivity index (χ1v) is 9.11. The van der Waals surface area contributed by atoms with E-state index in [1.165, 1.54) is 0 Å². The maximum atomic E-state index is 12.8. The highest BCUT2D eigenvalue weighted by molar-refractivity contribution is 6.09. The van der Waals surface area contributed by atoms with Crippen molar-refractivity contribution >= 4 is 17.4 Å². The van der Waals surface area contributed by atoms with Gasteiger partial charge in [0.1, 0.15) is 0 Å². The molecule has 0 saturated heterocycles. The van der Waals surface area contributed by atoms with Crippen molar-refractivity contribution < 1.29 is 14.3 Å². The molecule has 1 aliphatic heterocycles. The summed E-state index contributed by atoms with van der Waals surface area (Å²) in [6, 6.07) is 9.40. The van der Waals surface area contributed by atoms with Crippen LogP contribution in [-0.2, 0) is 13.1 Å². The van der Waals surface area contributed by atoms with Crippen LogP contribution in [0.5, 0.6) is 11.6 Å². The lowest BCUT2D eigenvalue weighted by Crippen LogP contribution is -2.23. The molecule has 0 spiro atoms. The summed E-state index contributed by atoms with van der Waals surface area (Å²) in [6.07, 6.45) is 3.50. The topological polar surface area (TPSA) is 93.3 Å². The molecule has 0 radical (unpaired) electrons. The minimum Gasteiger partial charge on any atom is -0.491 e. The summed E-state index contributed by atoms with van der Waals surface area (Å²) in [6.45, 7) is 2.58. The lowest BCUT2D eigenvalue weighted by atomic mass is 10.0. The van der Waals surface area contributed by atoms with Crippen LogP contribution < -0.4 is 14.4 Å². The van der Waals surface area contributed by atoms with E-state index in [0.29, 0.717) is 41.8 Å². The normalized spacial score (nSPS) is 12.8. The third-order valence-electron chi connectivity index (χ3n) is 4.78. The molecular weight excluding hydrogens is 370 g/mol. The maximum absolute atomic E-state index is 12.8. The summed E-state index contributed by atoms with van der Waals surface area (Å²) in [7, 11) is 3.12. The second-order valence-electron chi connectivity index (χ2n) is 6.85. The number of pyridine rings is 1. The van der Waals surface area contributed by atoms with E-state index < -0.39 is 0 Å². The zero-order chi connectivity index (χ0) is 20.5. The van der Waals surface area contributed by atoms with E-state index in [1.807, 2.05) is 24.3 Å². The Morgan fingerprint density at radius 3 is 2.72 bits per heavy atom. The van der Waals surface area contributed by atoms with Crippen LogP contribution in [0, 0.1) is 5.41 Å². The van der Waals surface area contributed by atoms with Gasteiger partial charge in [0.05, 0.1) is 27.3 Å². The summed E-state index contributed by atoms with van der Waals surface area (Å²) in [5.41, 5.74) is 3.92. The van der Waals surface area contributed by atoms with Crippen LogP contribution in [0.15, 0.2) is 42.7 Å². The minimum absolute atomic E-state index is 0.0752. The van der Waals surface area contributed by atoms with Gasteiger partial charge in [-0.2, -0.15) is 5.10 Å². The van der Waals surface area contributed by atoms with Gasteiger partial charge in [-0.05, 0) is 36.2 Å². The van der Waals surface area contributed by atoms with Crippen molar-refractivity contribution in [3.8, 4) is 22.8 Å². The van der Waals surface area contributed by atoms with Crippen LogP contribution in [0.1, 0.15) is 22.8 Å². The second kappa shape index (κ2) is 7.38. The average Bonchev–Trinajstić information content (AvgIpc) is 3.30. The highest BCUT2D eigenvalue weighted by Gasteiger charge is 2.30. The number of carbonyl (C=O) groups is 1. The van der Waals surface area contributed by atoms with Crippen molar-refractivity contribution in [1.82, 2.24) is 14.8 Å². The Morgan fingerprint density at radius 2 is 2.00 bits per heavy atom. The van der Waals surface area contributed by atoms with E-state index in [4.69, 9.17) is 14.9 Å².